The lowest BCUT2D eigenvalue weighted by atomic mass is 10.0. The molecule has 13 heteroatoms. The van der Waals surface area contributed by atoms with E-state index in [0.717, 1.165) is 0 Å². The summed E-state index contributed by atoms with van der Waals surface area (Å²) in [6, 6.07) is 5.16. The molecule has 4 N–H and O–H groups in total. The molecule has 13 nitrogen and oxygen atoms in total. The lowest BCUT2D eigenvalue weighted by Crippen LogP contribution is -2.56. The summed E-state index contributed by atoms with van der Waals surface area (Å²) in [6.45, 7) is 9.49. The fraction of sp³-hybridized carbons (Fsp3) is 0.552. The van der Waals surface area contributed by atoms with E-state index in [9.17, 15) is 33.6 Å². The first-order chi connectivity index (χ1) is 19.8. The average molecular weight is 590 g/mol. The fourth-order valence-corrected chi connectivity index (χ4v) is 4.08. The van der Waals surface area contributed by atoms with Gasteiger partial charge in [0.2, 0.25) is 29.9 Å². The van der Waals surface area contributed by atoms with E-state index >= 15 is 0 Å². The number of ether oxygens (including phenoxy) is 1. The quantitative estimate of drug-likeness (QED) is 0.115. The van der Waals surface area contributed by atoms with Crippen LogP contribution in [-0.4, -0.2) is 84.0 Å². The first-order valence-corrected chi connectivity index (χ1v) is 14.0. The number of nitrogens with zero attached hydrogens (tertiary/aromatic N) is 1. The molecular formula is C29H43N5O8. The van der Waals surface area contributed by atoms with Gasteiger partial charge in [-0.25, -0.2) is 4.79 Å². The van der Waals surface area contributed by atoms with Crippen molar-refractivity contribution in [3.63, 3.8) is 0 Å². The van der Waals surface area contributed by atoms with Crippen molar-refractivity contribution in [2.75, 3.05) is 19.6 Å². The van der Waals surface area contributed by atoms with E-state index in [4.69, 9.17) is 4.74 Å². The summed E-state index contributed by atoms with van der Waals surface area (Å²) in [5, 5.41) is 9.60. The highest BCUT2D eigenvalue weighted by Crippen LogP contribution is 2.18. The van der Waals surface area contributed by atoms with Gasteiger partial charge in [-0.15, -0.1) is 0 Å². The van der Waals surface area contributed by atoms with Crippen LogP contribution in [0.2, 0.25) is 0 Å². The van der Waals surface area contributed by atoms with Gasteiger partial charge in [-0.2, -0.15) is 0 Å². The number of carbonyl (C=O) groups is 7. The smallest absolute Gasteiger partial charge is 0.333 e. The molecule has 0 aliphatic rings. The molecule has 1 rings (SSSR count). The van der Waals surface area contributed by atoms with E-state index in [2.05, 4.69) is 21.3 Å². The summed E-state index contributed by atoms with van der Waals surface area (Å²) in [7, 11) is 0. The number of esters is 1. The molecule has 3 unspecified atom stereocenters. The predicted octanol–water partition coefficient (Wildman–Crippen LogP) is 0.529. The molecule has 232 valence electrons. The highest BCUT2D eigenvalue weighted by Gasteiger charge is 2.33. The Balaban J connectivity index is 2.91. The molecule has 0 saturated heterocycles. The molecule has 3 atom stereocenters. The van der Waals surface area contributed by atoms with Crippen molar-refractivity contribution >= 4 is 41.8 Å². The van der Waals surface area contributed by atoms with Gasteiger partial charge in [-0.1, -0.05) is 50.6 Å². The van der Waals surface area contributed by atoms with Gasteiger partial charge in [0.25, 0.3) is 5.91 Å². The lowest BCUT2D eigenvalue weighted by molar-refractivity contribution is -0.158. The van der Waals surface area contributed by atoms with Crippen molar-refractivity contribution in [3.05, 3.63) is 35.9 Å². The molecule has 0 radical (unpaired) electrons. The Labute approximate surface area is 246 Å². The van der Waals surface area contributed by atoms with Crippen LogP contribution in [0.1, 0.15) is 72.4 Å². The van der Waals surface area contributed by atoms with Gasteiger partial charge < -0.3 is 30.9 Å². The van der Waals surface area contributed by atoms with E-state index in [1.54, 1.807) is 71.9 Å². The number of nitrogens with one attached hydrogen (secondary N) is 4. The number of likely N-dealkylation sites (N-methyl/N-ethyl adjacent to an activating group) is 1. The van der Waals surface area contributed by atoms with Crippen LogP contribution in [0.15, 0.2) is 30.3 Å². The molecule has 1 aromatic rings. The van der Waals surface area contributed by atoms with Gasteiger partial charge in [-0.05, 0) is 46.1 Å². The Hall–Kier alpha value is -4.29. The zero-order valence-corrected chi connectivity index (χ0v) is 25.2. The summed E-state index contributed by atoms with van der Waals surface area (Å²) in [4.78, 5) is 88.5. The second-order valence-corrected chi connectivity index (χ2v) is 10.4. The van der Waals surface area contributed by atoms with Crippen LogP contribution in [0, 0.1) is 0 Å². The number of benzene rings is 1. The topological polar surface area (TPSA) is 180 Å². The van der Waals surface area contributed by atoms with E-state index in [1.807, 2.05) is 0 Å². The summed E-state index contributed by atoms with van der Waals surface area (Å²) in [5.41, 5.74) is -0.334. The van der Waals surface area contributed by atoms with E-state index in [1.165, 1.54) is 4.90 Å². The number of ketones is 1. The van der Waals surface area contributed by atoms with Crippen LogP contribution in [0.5, 0.6) is 0 Å². The second-order valence-electron chi connectivity index (χ2n) is 10.4. The van der Waals surface area contributed by atoms with E-state index < -0.39 is 65.7 Å². The maximum atomic E-state index is 13.1. The number of rotatable bonds is 17. The van der Waals surface area contributed by atoms with Crippen LogP contribution >= 0.6 is 0 Å². The number of hydrogen-bond donors (Lipinski definition) is 4. The molecular weight excluding hydrogens is 546 g/mol. The monoisotopic (exact) mass is 589 g/mol. The van der Waals surface area contributed by atoms with Gasteiger partial charge in [0.05, 0.1) is 19.1 Å². The van der Waals surface area contributed by atoms with Crippen LogP contribution < -0.4 is 21.3 Å². The fourth-order valence-electron chi connectivity index (χ4n) is 4.08. The predicted molar refractivity (Wildman–Crippen MR) is 154 cm³/mol. The third-order valence-electron chi connectivity index (χ3n) is 5.99. The minimum atomic E-state index is -1.19. The van der Waals surface area contributed by atoms with Gasteiger partial charge >= 0.3 is 5.97 Å². The van der Waals surface area contributed by atoms with E-state index in [-0.39, 0.29) is 25.9 Å². The van der Waals surface area contributed by atoms with Crippen LogP contribution in [0.4, 0.5) is 0 Å². The highest BCUT2D eigenvalue weighted by atomic mass is 16.6. The van der Waals surface area contributed by atoms with Gasteiger partial charge in [-0.3, -0.25) is 28.8 Å². The summed E-state index contributed by atoms with van der Waals surface area (Å²) < 4.78 is 5.42. The molecule has 0 aromatic heterocycles. The molecule has 0 aliphatic carbocycles. The molecule has 1 aromatic carbocycles. The number of carbonyl (C=O) groups excluding carboxylic acids is 7. The Morgan fingerprint density at radius 2 is 1.60 bits per heavy atom. The van der Waals surface area contributed by atoms with Gasteiger partial charge in [0, 0.05) is 6.54 Å². The maximum Gasteiger partial charge on any atom is 0.333 e. The highest BCUT2D eigenvalue weighted by molar-refractivity contribution is 6.38. The molecule has 42 heavy (non-hydrogen) atoms. The second kappa shape index (κ2) is 17.5. The largest absolute Gasteiger partial charge is 0.458 e. The van der Waals surface area contributed by atoms with Crippen molar-refractivity contribution in [2.45, 2.75) is 84.5 Å². The van der Waals surface area contributed by atoms with Crippen molar-refractivity contribution < 1.29 is 38.3 Å². The van der Waals surface area contributed by atoms with Crippen molar-refractivity contribution in [3.8, 4) is 0 Å². The average Bonchev–Trinajstić information content (AvgIpc) is 2.94. The molecule has 0 bridgehead atoms. The molecule has 0 heterocycles. The van der Waals surface area contributed by atoms with Gasteiger partial charge in [0.1, 0.15) is 11.6 Å². The minimum Gasteiger partial charge on any atom is -0.458 e. The van der Waals surface area contributed by atoms with Gasteiger partial charge in [0.15, 0.2) is 6.04 Å². The molecule has 5 amide bonds. The molecule has 0 fully saturated rings. The minimum absolute atomic E-state index is 0.141. The van der Waals surface area contributed by atoms with E-state index in [0.29, 0.717) is 18.4 Å². The SMILES string of the molecule is CCCC(NC(=O)C(CC)N(CC)C(=O)CNC=O)C(=O)C(=O)NCC(=O)NC(C(=O)OC(C)(C)C)c1ccccc1. The third-order valence-corrected chi connectivity index (χ3v) is 5.99. The Morgan fingerprint density at radius 3 is 2.12 bits per heavy atom. The zero-order valence-electron chi connectivity index (χ0n) is 25.2. The Bertz CT molecular complexity index is 1100. The van der Waals surface area contributed by atoms with Crippen molar-refractivity contribution in [2.24, 2.45) is 0 Å². The summed E-state index contributed by atoms with van der Waals surface area (Å²) in [5.74, 6) is -4.59. The maximum absolute atomic E-state index is 13.1. The number of Topliss-reactive ketones (excluding diaryl/α,β-unsaturated/α-hetero) is 1. The first kappa shape index (κ1) is 35.7. The summed E-state index contributed by atoms with van der Waals surface area (Å²) >= 11 is 0. The summed E-state index contributed by atoms with van der Waals surface area (Å²) in [6.07, 6.45) is 1.20. The third kappa shape index (κ3) is 11.7. The molecule has 0 saturated carbocycles. The normalized spacial score (nSPS) is 13.0. The first-order valence-electron chi connectivity index (χ1n) is 14.0. The number of amides is 5. The zero-order chi connectivity index (χ0) is 31.9. The van der Waals surface area contributed by atoms with Crippen LogP contribution in [-0.2, 0) is 38.3 Å². The number of hydrogen-bond acceptors (Lipinski definition) is 8. The van der Waals surface area contributed by atoms with Crippen molar-refractivity contribution in [1.82, 2.24) is 26.2 Å². The Kier molecular flexibility index (Phi) is 14.9. The lowest BCUT2D eigenvalue weighted by Gasteiger charge is -2.30. The Morgan fingerprint density at radius 1 is 0.952 bits per heavy atom. The standard InChI is InChI=1S/C29H43N5O8/c1-7-13-20(32-26(39)21(8-2)34(9-3)23(37)17-30-18-35)25(38)27(40)31-16-22(36)33-24(19-14-11-10-12-15-19)28(41)42-29(4,5)6/h10-12,14-15,18,20-21,24H,7-9,13,16-17H2,1-6H3,(H,30,35)(H,31,40)(H,32,39)(H,33,36). The molecule has 0 spiro atoms. The van der Waals surface area contributed by atoms with Crippen LogP contribution in [0.25, 0.3) is 0 Å². The molecule has 0 aliphatic heterocycles. The van der Waals surface area contributed by atoms with Crippen molar-refractivity contribution in [1.29, 1.82) is 0 Å². The van der Waals surface area contributed by atoms with Crippen LogP contribution in [0.3, 0.4) is 0 Å².